The zero-order chi connectivity index (χ0) is 30.4. The number of thioether (sulfide) groups is 1. The third-order valence-corrected chi connectivity index (χ3v) is 8.04. The number of hydrogen-bond acceptors (Lipinski definition) is 8. The monoisotopic (exact) mass is 656 g/mol. The molecule has 0 radical (unpaired) electrons. The van der Waals surface area contributed by atoms with Crippen LogP contribution in [0.3, 0.4) is 0 Å². The van der Waals surface area contributed by atoms with Gasteiger partial charge in [0.1, 0.15) is 6.04 Å². The Morgan fingerprint density at radius 1 is 1.12 bits per heavy atom. The average Bonchev–Trinajstić information content (AvgIpc) is 3.34. The fraction of sp³-hybridized carbons (Fsp3) is 0.400. The molecule has 2 aromatic carbocycles. The maximum atomic E-state index is 13.9. The largest absolute Gasteiger partial charge is 0.490 e. The molecule has 0 saturated heterocycles. The normalized spacial score (nSPS) is 14.2. The number of allylic oxidation sites excluding steroid dienone is 1. The van der Waals surface area contributed by atoms with E-state index in [0.717, 1.165) is 16.9 Å². The van der Waals surface area contributed by atoms with Crippen molar-refractivity contribution in [2.45, 2.75) is 52.7 Å². The van der Waals surface area contributed by atoms with E-state index in [-0.39, 0.29) is 18.4 Å². The summed E-state index contributed by atoms with van der Waals surface area (Å²) in [4.78, 5) is 32.9. The summed E-state index contributed by atoms with van der Waals surface area (Å²) in [5.74, 6) is 1.84. The van der Waals surface area contributed by atoms with Gasteiger partial charge in [-0.2, -0.15) is 4.98 Å². The predicted octanol–water partition coefficient (Wildman–Crippen LogP) is 6.03. The molecule has 0 fully saturated rings. The van der Waals surface area contributed by atoms with E-state index >= 15 is 0 Å². The molecule has 2 heterocycles. The molecule has 1 aromatic heterocycles. The predicted molar refractivity (Wildman–Crippen MR) is 169 cm³/mol. The van der Waals surface area contributed by atoms with Crippen LogP contribution in [0.4, 0.5) is 11.6 Å². The highest BCUT2D eigenvalue weighted by molar-refractivity contribution is 9.10. The number of nitrogens with one attached hydrogen (secondary N) is 2. The van der Waals surface area contributed by atoms with Gasteiger partial charge in [0.05, 0.1) is 16.7 Å². The Morgan fingerprint density at radius 2 is 1.88 bits per heavy atom. The van der Waals surface area contributed by atoms with Crippen LogP contribution < -0.4 is 20.1 Å². The second-order valence-electron chi connectivity index (χ2n) is 9.60. The van der Waals surface area contributed by atoms with Crippen molar-refractivity contribution in [3.8, 4) is 11.5 Å². The highest BCUT2D eigenvalue weighted by Gasteiger charge is 2.35. The fourth-order valence-electron chi connectivity index (χ4n) is 4.80. The van der Waals surface area contributed by atoms with Gasteiger partial charge in [0, 0.05) is 24.5 Å². The van der Waals surface area contributed by atoms with Gasteiger partial charge in [-0.15, -0.1) is 5.10 Å². The van der Waals surface area contributed by atoms with Crippen molar-refractivity contribution in [1.82, 2.24) is 19.7 Å². The molecule has 10 nitrogen and oxygen atoms in total. The molecule has 1 aliphatic heterocycles. The first-order valence-corrected chi connectivity index (χ1v) is 15.8. The number of benzene rings is 2. The van der Waals surface area contributed by atoms with Crippen LogP contribution in [-0.4, -0.2) is 63.5 Å². The Hall–Kier alpha value is -3.51. The van der Waals surface area contributed by atoms with Gasteiger partial charge in [-0.1, -0.05) is 30.8 Å². The van der Waals surface area contributed by atoms with Crippen molar-refractivity contribution < 1.29 is 19.1 Å². The number of amides is 2. The third-order valence-electron chi connectivity index (χ3n) is 6.73. The second kappa shape index (κ2) is 14.1. The van der Waals surface area contributed by atoms with Crippen LogP contribution in [-0.2, 0) is 9.59 Å². The number of hydrogen-bond donors (Lipinski definition) is 2. The van der Waals surface area contributed by atoms with Gasteiger partial charge < -0.3 is 25.0 Å². The van der Waals surface area contributed by atoms with Crippen LogP contribution in [0.1, 0.15) is 51.8 Å². The van der Waals surface area contributed by atoms with E-state index in [0.29, 0.717) is 63.7 Å². The SMILES string of the molecule is CCOc1cc(C2C(C(=O)Nc3cccc(C)c3)=C(C)Nc3nc(SCC)nn32)cc(Br)c1OCC(=O)N(CC)CC. The van der Waals surface area contributed by atoms with E-state index in [1.807, 2.05) is 77.9 Å². The highest BCUT2D eigenvalue weighted by atomic mass is 79.9. The van der Waals surface area contributed by atoms with Gasteiger partial charge in [-0.05, 0) is 91.7 Å². The first-order valence-electron chi connectivity index (χ1n) is 14.0. The molecule has 2 amide bonds. The number of carbonyl (C=O) groups is 2. The number of nitrogens with zero attached hydrogens (tertiary/aromatic N) is 4. The first-order chi connectivity index (χ1) is 20.2. The van der Waals surface area contributed by atoms with Crippen LogP contribution in [0, 0.1) is 6.92 Å². The number of ether oxygens (including phenoxy) is 2. The summed E-state index contributed by atoms with van der Waals surface area (Å²) in [5, 5.41) is 11.7. The molecule has 0 saturated carbocycles. The Balaban J connectivity index is 1.78. The first kappa shape index (κ1) is 31.4. The standard InChI is InChI=1S/C30H37BrN6O4S/c1-7-36(8-2)24(38)17-41-27-22(31)15-20(16-23(27)40-9-3)26-25(28(39)33-21-13-11-12-18(5)14-21)19(6)32-29-34-30(42-10-4)35-37(26)29/h11-16,26H,7-10,17H2,1-6H3,(H,33,39)(H,32,34,35). The second-order valence-corrected chi connectivity index (χ2v) is 11.7. The fourth-order valence-corrected chi connectivity index (χ4v) is 5.92. The van der Waals surface area contributed by atoms with Gasteiger partial charge in [-0.3, -0.25) is 9.59 Å². The van der Waals surface area contributed by atoms with E-state index in [1.165, 1.54) is 11.8 Å². The van der Waals surface area contributed by atoms with E-state index in [1.54, 1.807) is 9.58 Å². The van der Waals surface area contributed by atoms with Crippen molar-refractivity contribution in [2.24, 2.45) is 0 Å². The summed E-state index contributed by atoms with van der Waals surface area (Å²) in [7, 11) is 0. The highest BCUT2D eigenvalue weighted by Crippen LogP contribution is 2.43. The molecule has 0 aliphatic carbocycles. The number of likely N-dealkylation sites (N-methyl/N-ethyl adjacent to an activating group) is 1. The molecule has 0 spiro atoms. The minimum Gasteiger partial charge on any atom is -0.490 e. The third kappa shape index (κ3) is 6.92. The number of fused-ring (bicyclic) bond motifs is 1. The summed E-state index contributed by atoms with van der Waals surface area (Å²) < 4.78 is 14.3. The lowest BCUT2D eigenvalue weighted by atomic mass is 9.94. The van der Waals surface area contributed by atoms with Crippen LogP contribution >= 0.6 is 27.7 Å². The minimum atomic E-state index is -0.619. The Kier molecular flexibility index (Phi) is 10.6. The van der Waals surface area contributed by atoms with Crippen molar-refractivity contribution in [1.29, 1.82) is 0 Å². The van der Waals surface area contributed by atoms with E-state index in [9.17, 15) is 9.59 Å². The number of aryl methyl sites for hydroxylation is 1. The van der Waals surface area contributed by atoms with Gasteiger partial charge >= 0.3 is 0 Å². The molecule has 1 unspecified atom stereocenters. The van der Waals surface area contributed by atoms with Gasteiger partial charge in [0.2, 0.25) is 11.1 Å². The summed E-state index contributed by atoms with van der Waals surface area (Å²) in [5.41, 5.74) is 3.63. The molecule has 0 bridgehead atoms. The smallest absolute Gasteiger partial charge is 0.260 e. The molecule has 2 N–H and O–H groups in total. The van der Waals surface area contributed by atoms with E-state index < -0.39 is 6.04 Å². The van der Waals surface area contributed by atoms with Crippen molar-refractivity contribution in [3.63, 3.8) is 0 Å². The Labute approximate surface area is 259 Å². The Morgan fingerprint density at radius 3 is 2.55 bits per heavy atom. The Bertz CT molecular complexity index is 1490. The zero-order valence-electron chi connectivity index (χ0n) is 24.8. The number of carbonyl (C=O) groups excluding carboxylic acids is 2. The zero-order valence-corrected chi connectivity index (χ0v) is 27.2. The molecule has 224 valence electrons. The summed E-state index contributed by atoms with van der Waals surface area (Å²) in [6.07, 6.45) is 0. The molecular formula is C30H37BrN6O4S. The number of rotatable bonds is 12. The number of anilines is 2. The lowest BCUT2D eigenvalue weighted by Gasteiger charge is -2.29. The lowest BCUT2D eigenvalue weighted by Crippen LogP contribution is -2.34. The molecule has 1 aliphatic rings. The van der Waals surface area contributed by atoms with Crippen LogP contribution in [0.15, 0.2) is 57.3 Å². The molecule has 4 rings (SSSR count). The molecular weight excluding hydrogens is 620 g/mol. The van der Waals surface area contributed by atoms with Gasteiger partial charge in [0.15, 0.2) is 18.1 Å². The quantitative estimate of drug-likeness (QED) is 0.227. The maximum Gasteiger partial charge on any atom is 0.260 e. The summed E-state index contributed by atoms with van der Waals surface area (Å²) >= 11 is 5.17. The maximum absolute atomic E-state index is 13.9. The van der Waals surface area contributed by atoms with Gasteiger partial charge in [0.25, 0.3) is 11.8 Å². The molecule has 1 atom stereocenters. The average molecular weight is 658 g/mol. The molecule has 3 aromatic rings. The molecule has 12 heteroatoms. The number of aromatic nitrogens is 3. The summed E-state index contributed by atoms with van der Waals surface area (Å²) in [6.45, 7) is 13.1. The van der Waals surface area contributed by atoms with Gasteiger partial charge in [-0.25, -0.2) is 4.68 Å². The minimum absolute atomic E-state index is 0.112. The van der Waals surface area contributed by atoms with Crippen molar-refractivity contribution >= 4 is 51.1 Å². The van der Waals surface area contributed by atoms with Crippen LogP contribution in [0.25, 0.3) is 0 Å². The summed E-state index contributed by atoms with van der Waals surface area (Å²) in [6, 6.07) is 10.8. The van der Waals surface area contributed by atoms with E-state index in [4.69, 9.17) is 14.6 Å². The molecule has 42 heavy (non-hydrogen) atoms. The topological polar surface area (TPSA) is 111 Å². The van der Waals surface area contributed by atoms with E-state index in [2.05, 4.69) is 31.5 Å². The van der Waals surface area contributed by atoms with Crippen LogP contribution in [0.2, 0.25) is 0 Å². The van der Waals surface area contributed by atoms with Crippen LogP contribution in [0.5, 0.6) is 11.5 Å². The number of halogens is 1. The van der Waals surface area contributed by atoms with Crippen molar-refractivity contribution in [3.05, 3.63) is 63.3 Å². The lowest BCUT2D eigenvalue weighted by molar-refractivity contribution is -0.133. The van der Waals surface area contributed by atoms with Crippen molar-refractivity contribution in [2.75, 3.05) is 42.7 Å².